The lowest BCUT2D eigenvalue weighted by atomic mass is 9.44. The summed E-state index contributed by atoms with van der Waals surface area (Å²) >= 11 is 0. The molecule has 0 aromatic heterocycles. The van der Waals surface area contributed by atoms with Gasteiger partial charge in [0.1, 0.15) is 19.0 Å². The van der Waals surface area contributed by atoms with Gasteiger partial charge in [-0.1, -0.05) is 12.1 Å². The number of hydrogen-bond donors (Lipinski definition) is 1. The van der Waals surface area contributed by atoms with E-state index in [1.165, 1.54) is 32.1 Å². The Morgan fingerprint density at radius 3 is 2.27 bits per heavy atom. The predicted molar refractivity (Wildman–Crippen MR) is 105 cm³/mol. The maximum Gasteiger partial charge on any atom is 0.294 e. The molecule has 10 heteroatoms. The molecule has 4 aliphatic rings. The molecule has 4 fully saturated rings. The summed E-state index contributed by atoms with van der Waals surface area (Å²) in [7, 11) is 0. The molecule has 0 heterocycles. The quantitative estimate of drug-likeness (QED) is 0.449. The van der Waals surface area contributed by atoms with Crippen LogP contribution in [0.4, 0.5) is 0 Å². The molecule has 4 bridgehead atoms. The first kappa shape index (κ1) is 20.6. The lowest BCUT2D eigenvalue weighted by Crippen LogP contribution is -2.58. The average molecular weight is 421 g/mol. The van der Waals surface area contributed by atoms with Crippen LogP contribution in [-0.4, -0.2) is 36.0 Å². The molecule has 4 aliphatic carbocycles. The van der Waals surface area contributed by atoms with Crippen LogP contribution in [0, 0.1) is 43.9 Å². The van der Waals surface area contributed by atoms with Gasteiger partial charge in [-0.05, 0) is 73.5 Å². The lowest BCUT2D eigenvalue weighted by molar-refractivity contribution is -0.790. The normalized spacial score (nSPS) is 32.4. The summed E-state index contributed by atoms with van der Waals surface area (Å²) in [5, 5.41) is 19.0. The zero-order valence-electron chi connectivity index (χ0n) is 16.7. The number of benzene rings is 1. The molecule has 30 heavy (non-hydrogen) atoms. The molecule has 1 atom stereocenters. The fourth-order valence-electron chi connectivity index (χ4n) is 6.39. The third-order valence-corrected chi connectivity index (χ3v) is 7.34. The highest BCUT2D eigenvalue weighted by Crippen LogP contribution is 2.62. The molecule has 5 rings (SSSR count). The second kappa shape index (κ2) is 8.25. The van der Waals surface area contributed by atoms with Gasteiger partial charge in [-0.15, -0.1) is 20.2 Å². The van der Waals surface area contributed by atoms with Crippen molar-refractivity contribution in [3.63, 3.8) is 0 Å². The summed E-state index contributed by atoms with van der Waals surface area (Å²) in [5.41, 5.74) is 7.50. The second-order valence-electron chi connectivity index (χ2n) is 8.86. The molecular weight excluding hydrogens is 394 g/mol. The molecule has 0 amide bonds. The van der Waals surface area contributed by atoms with Crippen molar-refractivity contribution in [2.24, 2.45) is 29.4 Å². The van der Waals surface area contributed by atoms with Crippen molar-refractivity contribution in [1.82, 2.24) is 0 Å². The Kier molecular flexibility index (Phi) is 5.68. The summed E-state index contributed by atoms with van der Waals surface area (Å²) in [6.45, 7) is -0.243. The molecule has 2 N–H and O–H groups in total. The highest BCUT2D eigenvalue weighted by atomic mass is 17.0. The van der Waals surface area contributed by atoms with E-state index in [1.54, 1.807) is 6.07 Å². The molecule has 0 saturated heterocycles. The van der Waals surface area contributed by atoms with Gasteiger partial charge in [-0.25, -0.2) is 0 Å². The van der Waals surface area contributed by atoms with Crippen molar-refractivity contribution in [2.45, 2.75) is 43.6 Å². The third kappa shape index (κ3) is 3.88. The predicted octanol–water partition coefficient (Wildman–Crippen LogP) is 2.50. The van der Waals surface area contributed by atoms with Crippen LogP contribution in [0.5, 0.6) is 5.75 Å². The van der Waals surface area contributed by atoms with E-state index in [0.29, 0.717) is 24.1 Å². The molecule has 164 valence electrons. The van der Waals surface area contributed by atoms with Gasteiger partial charge in [0, 0.05) is 12.0 Å². The van der Waals surface area contributed by atoms with Crippen LogP contribution >= 0.6 is 0 Å². The van der Waals surface area contributed by atoms with Crippen molar-refractivity contribution in [1.29, 1.82) is 0 Å². The number of rotatable bonds is 10. The van der Waals surface area contributed by atoms with E-state index in [1.807, 2.05) is 12.1 Å². The first-order valence-corrected chi connectivity index (χ1v) is 10.4. The van der Waals surface area contributed by atoms with Crippen LogP contribution < -0.4 is 10.5 Å². The highest BCUT2D eigenvalue weighted by Gasteiger charge is 2.57. The highest BCUT2D eigenvalue weighted by molar-refractivity contribution is 5.37. The molecule has 1 aromatic carbocycles. The van der Waals surface area contributed by atoms with Crippen LogP contribution in [0.2, 0.25) is 0 Å². The Morgan fingerprint density at radius 2 is 1.70 bits per heavy atom. The van der Waals surface area contributed by atoms with Crippen LogP contribution in [0.25, 0.3) is 0 Å². The smallest absolute Gasteiger partial charge is 0.294 e. The molecule has 10 nitrogen and oxygen atoms in total. The summed E-state index contributed by atoms with van der Waals surface area (Å²) in [4.78, 5) is 29.7. The van der Waals surface area contributed by atoms with Gasteiger partial charge in [-0.3, -0.25) is 0 Å². The van der Waals surface area contributed by atoms with E-state index in [2.05, 4.69) is 15.7 Å². The Balaban J connectivity index is 1.49. The van der Waals surface area contributed by atoms with Gasteiger partial charge in [0.15, 0.2) is 6.10 Å². The minimum atomic E-state index is -1.21. The number of ether oxygens (including phenoxy) is 1. The molecule has 0 spiro atoms. The summed E-state index contributed by atoms with van der Waals surface area (Å²) in [6, 6.07) is 7.74. The van der Waals surface area contributed by atoms with Crippen LogP contribution in [-0.2, 0) is 15.1 Å². The van der Waals surface area contributed by atoms with E-state index in [0.717, 1.165) is 17.4 Å². The fourth-order valence-corrected chi connectivity index (χ4v) is 6.39. The van der Waals surface area contributed by atoms with Crippen molar-refractivity contribution in [3.8, 4) is 5.75 Å². The first-order valence-electron chi connectivity index (χ1n) is 10.4. The van der Waals surface area contributed by atoms with E-state index in [4.69, 9.17) is 10.5 Å². The topological polar surface area (TPSA) is 140 Å². The Bertz CT molecular complexity index is 774. The molecule has 0 aliphatic heterocycles. The summed E-state index contributed by atoms with van der Waals surface area (Å²) in [6.07, 6.45) is 5.07. The standard InChI is InChI=1S/C20H27N3O7/c21-12-20(16-5-13-4-14(7-16)8-17(20)6-13)15-2-1-3-18(9-15)28-10-19(30-23(26)27)11-29-22(24)25/h1-3,9,13-14,16-17,19H,4-8,10-12,21H2. The Labute approximate surface area is 173 Å². The zero-order valence-corrected chi connectivity index (χ0v) is 16.7. The van der Waals surface area contributed by atoms with Crippen LogP contribution in [0.1, 0.15) is 37.7 Å². The van der Waals surface area contributed by atoms with Gasteiger partial charge in [0.05, 0.1) is 0 Å². The largest absolute Gasteiger partial charge is 0.491 e. The van der Waals surface area contributed by atoms with Crippen LogP contribution in [0.15, 0.2) is 24.3 Å². The Hall–Kier alpha value is -2.62. The summed E-state index contributed by atoms with van der Waals surface area (Å²) in [5.74, 6) is 3.34. The molecular formula is C20H27N3O7. The number of nitrogens with zero attached hydrogens (tertiary/aromatic N) is 2. The monoisotopic (exact) mass is 421 g/mol. The van der Waals surface area contributed by atoms with Gasteiger partial charge < -0.3 is 20.1 Å². The van der Waals surface area contributed by atoms with E-state index < -0.39 is 22.9 Å². The SMILES string of the molecule is NCC1(c2cccc(OCC(CO[N+](=O)[O-])O[N+](=O)[O-])c2)C2CC3CC(C2)CC1C3. The van der Waals surface area contributed by atoms with Crippen LogP contribution in [0.3, 0.4) is 0 Å². The maximum absolute atomic E-state index is 10.6. The van der Waals surface area contributed by atoms with E-state index in [9.17, 15) is 20.2 Å². The Morgan fingerprint density at radius 1 is 1.03 bits per heavy atom. The third-order valence-electron chi connectivity index (χ3n) is 7.34. The van der Waals surface area contributed by atoms with E-state index in [-0.39, 0.29) is 12.0 Å². The van der Waals surface area contributed by atoms with Crippen molar-refractivity contribution >= 4 is 0 Å². The van der Waals surface area contributed by atoms with Crippen molar-refractivity contribution in [3.05, 3.63) is 50.1 Å². The van der Waals surface area contributed by atoms with Gasteiger partial charge >= 0.3 is 0 Å². The number of hydrogen-bond acceptors (Lipinski definition) is 8. The molecule has 1 unspecified atom stereocenters. The van der Waals surface area contributed by atoms with E-state index >= 15 is 0 Å². The number of nitrogens with two attached hydrogens (primary N) is 1. The van der Waals surface area contributed by atoms with Gasteiger partial charge in [-0.2, -0.15) is 0 Å². The second-order valence-corrected chi connectivity index (χ2v) is 8.86. The average Bonchev–Trinajstić information content (AvgIpc) is 2.70. The van der Waals surface area contributed by atoms with Crippen molar-refractivity contribution in [2.75, 3.05) is 19.8 Å². The maximum atomic E-state index is 10.6. The summed E-state index contributed by atoms with van der Waals surface area (Å²) < 4.78 is 5.70. The molecule has 0 radical (unpaired) electrons. The molecule has 4 saturated carbocycles. The minimum Gasteiger partial charge on any atom is -0.491 e. The first-order chi connectivity index (χ1) is 14.4. The fraction of sp³-hybridized carbons (Fsp3) is 0.700. The lowest BCUT2D eigenvalue weighted by Gasteiger charge is -2.61. The van der Waals surface area contributed by atoms with Gasteiger partial charge in [0.2, 0.25) is 0 Å². The molecule has 1 aromatic rings. The minimum absolute atomic E-state index is 0.0573. The van der Waals surface area contributed by atoms with Gasteiger partial charge in [0.25, 0.3) is 10.2 Å². The van der Waals surface area contributed by atoms with Crippen molar-refractivity contribution < 1.29 is 24.6 Å². The zero-order chi connectivity index (χ0) is 21.3.